The summed E-state index contributed by atoms with van der Waals surface area (Å²) in [5.41, 5.74) is 0.598. The molecule has 6 nitrogen and oxygen atoms in total. The highest BCUT2D eigenvalue weighted by molar-refractivity contribution is 7.99. The first-order valence-corrected chi connectivity index (χ1v) is 7.12. The number of halogens is 2. The normalized spacial score (nSPS) is 10.8. The molecule has 0 unspecified atom stereocenters. The number of carboxylic acid groups (broad SMARTS) is 1. The topological polar surface area (TPSA) is 88.2 Å². The van der Waals surface area contributed by atoms with Gasteiger partial charge >= 0.3 is 5.97 Å². The molecule has 1 aromatic carbocycles. The fourth-order valence-electron chi connectivity index (χ4n) is 1.51. The van der Waals surface area contributed by atoms with Gasteiger partial charge in [0, 0.05) is 0 Å². The zero-order valence-electron chi connectivity index (χ0n) is 9.95. The zero-order chi connectivity index (χ0) is 14.7. The summed E-state index contributed by atoms with van der Waals surface area (Å²) in [5, 5.41) is 26.8. The highest BCUT2D eigenvalue weighted by Crippen LogP contribution is 2.28. The summed E-state index contributed by atoms with van der Waals surface area (Å²) in [6.07, 6.45) is 0. The lowest BCUT2D eigenvalue weighted by Gasteiger charge is -2.09. The van der Waals surface area contributed by atoms with E-state index in [1.807, 2.05) is 0 Å². The first-order chi connectivity index (χ1) is 9.52. The lowest BCUT2D eigenvalue weighted by molar-refractivity contribution is -0.133. The van der Waals surface area contributed by atoms with Crippen molar-refractivity contribution in [3.05, 3.63) is 34.1 Å². The fraction of sp³-hybridized carbons (Fsp3) is 0.182. The van der Waals surface area contributed by atoms with Crippen LogP contribution in [-0.4, -0.2) is 36.7 Å². The van der Waals surface area contributed by atoms with Gasteiger partial charge in [-0.3, -0.25) is 9.36 Å². The van der Waals surface area contributed by atoms with E-state index in [9.17, 15) is 9.90 Å². The van der Waals surface area contributed by atoms with E-state index in [0.717, 1.165) is 11.8 Å². The quantitative estimate of drug-likeness (QED) is 0.816. The Hall–Kier alpha value is -1.28. The molecular weight excluding hydrogens is 325 g/mol. The van der Waals surface area contributed by atoms with Gasteiger partial charge in [-0.05, 0) is 18.2 Å². The van der Waals surface area contributed by atoms with Crippen molar-refractivity contribution in [2.45, 2.75) is 11.8 Å². The number of aliphatic hydroxyl groups excluding tert-OH is 1. The van der Waals surface area contributed by atoms with Gasteiger partial charge in [-0.2, -0.15) is 0 Å². The van der Waals surface area contributed by atoms with Crippen molar-refractivity contribution >= 4 is 40.9 Å². The molecule has 2 aromatic rings. The number of hydrogen-bond acceptors (Lipinski definition) is 5. The molecule has 106 valence electrons. The molecule has 0 bridgehead atoms. The summed E-state index contributed by atoms with van der Waals surface area (Å²) < 4.78 is 1.54. The van der Waals surface area contributed by atoms with Gasteiger partial charge in [-0.15, -0.1) is 10.2 Å². The minimum absolute atomic E-state index is 0.162. The van der Waals surface area contributed by atoms with Gasteiger partial charge in [0.25, 0.3) is 0 Å². The Morgan fingerprint density at radius 2 is 2.05 bits per heavy atom. The number of hydrogen-bond donors (Lipinski definition) is 2. The SMILES string of the molecule is O=C(O)CSc1nnc(CO)n1-c1ccc(Cl)c(Cl)c1. The molecule has 20 heavy (non-hydrogen) atoms. The van der Waals surface area contributed by atoms with Crippen LogP contribution in [0, 0.1) is 0 Å². The fourth-order valence-corrected chi connectivity index (χ4v) is 2.49. The summed E-state index contributed by atoms with van der Waals surface area (Å²) in [4.78, 5) is 10.6. The van der Waals surface area contributed by atoms with E-state index in [1.54, 1.807) is 18.2 Å². The van der Waals surface area contributed by atoms with E-state index in [-0.39, 0.29) is 18.2 Å². The average molecular weight is 334 g/mol. The first kappa shape index (κ1) is 15.1. The van der Waals surface area contributed by atoms with Crippen molar-refractivity contribution in [1.82, 2.24) is 14.8 Å². The average Bonchev–Trinajstić information content (AvgIpc) is 2.82. The molecule has 9 heteroatoms. The summed E-state index contributed by atoms with van der Waals surface area (Å²) in [6, 6.07) is 4.88. The number of aliphatic carboxylic acids is 1. The van der Waals surface area contributed by atoms with Crippen LogP contribution in [0.15, 0.2) is 23.4 Å². The minimum Gasteiger partial charge on any atom is -0.481 e. The number of benzene rings is 1. The number of nitrogens with zero attached hydrogens (tertiary/aromatic N) is 3. The van der Waals surface area contributed by atoms with Crippen LogP contribution in [0.25, 0.3) is 5.69 Å². The Labute approximate surface area is 128 Å². The molecule has 0 saturated heterocycles. The second kappa shape index (κ2) is 6.45. The molecule has 0 aliphatic rings. The highest BCUT2D eigenvalue weighted by atomic mass is 35.5. The van der Waals surface area contributed by atoms with Crippen LogP contribution in [0.3, 0.4) is 0 Å². The molecule has 0 saturated carbocycles. The number of carbonyl (C=O) groups is 1. The van der Waals surface area contributed by atoms with Crippen molar-refractivity contribution in [1.29, 1.82) is 0 Å². The monoisotopic (exact) mass is 333 g/mol. The van der Waals surface area contributed by atoms with Crippen molar-refractivity contribution in [2.24, 2.45) is 0 Å². The predicted molar refractivity (Wildman–Crippen MR) is 75.7 cm³/mol. The molecule has 0 fully saturated rings. The largest absolute Gasteiger partial charge is 0.481 e. The Balaban J connectivity index is 2.44. The number of rotatable bonds is 5. The Morgan fingerprint density at radius 1 is 1.30 bits per heavy atom. The van der Waals surface area contributed by atoms with E-state index in [1.165, 1.54) is 4.57 Å². The number of aromatic nitrogens is 3. The van der Waals surface area contributed by atoms with Crippen molar-refractivity contribution < 1.29 is 15.0 Å². The standard InChI is InChI=1S/C11H9Cl2N3O3S/c12-7-2-1-6(3-8(7)13)16-9(4-17)14-15-11(16)20-5-10(18)19/h1-3,17H,4-5H2,(H,18,19). The maximum atomic E-state index is 10.6. The van der Waals surface area contributed by atoms with Crippen LogP contribution in [0.1, 0.15) is 5.82 Å². The van der Waals surface area contributed by atoms with E-state index >= 15 is 0 Å². The predicted octanol–water partition coefficient (Wildman–Crippen LogP) is 2.24. The second-order valence-electron chi connectivity index (χ2n) is 3.67. The highest BCUT2D eigenvalue weighted by Gasteiger charge is 2.15. The molecule has 0 spiro atoms. The second-order valence-corrected chi connectivity index (χ2v) is 5.43. The lowest BCUT2D eigenvalue weighted by Crippen LogP contribution is -2.05. The Kier molecular flexibility index (Phi) is 4.87. The molecular formula is C11H9Cl2N3O3S. The molecule has 0 amide bonds. The molecule has 1 heterocycles. The van der Waals surface area contributed by atoms with Gasteiger partial charge < -0.3 is 10.2 Å². The van der Waals surface area contributed by atoms with Gasteiger partial charge in [0.15, 0.2) is 11.0 Å². The zero-order valence-corrected chi connectivity index (χ0v) is 12.3. The van der Waals surface area contributed by atoms with Crippen LogP contribution >= 0.6 is 35.0 Å². The van der Waals surface area contributed by atoms with Crippen molar-refractivity contribution in [2.75, 3.05) is 5.75 Å². The molecule has 0 radical (unpaired) electrons. The number of thioether (sulfide) groups is 1. The molecule has 2 N–H and O–H groups in total. The van der Waals surface area contributed by atoms with Gasteiger partial charge in [0.1, 0.15) is 6.61 Å². The molecule has 0 atom stereocenters. The van der Waals surface area contributed by atoms with E-state index < -0.39 is 5.97 Å². The Bertz CT molecular complexity index is 648. The lowest BCUT2D eigenvalue weighted by atomic mass is 10.3. The van der Waals surface area contributed by atoms with Crippen LogP contribution in [0.4, 0.5) is 0 Å². The van der Waals surface area contributed by atoms with Crippen molar-refractivity contribution in [3.8, 4) is 5.69 Å². The van der Waals surface area contributed by atoms with Crippen LogP contribution in [0.5, 0.6) is 0 Å². The number of carboxylic acids is 1. The van der Waals surface area contributed by atoms with Gasteiger partial charge in [-0.25, -0.2) is 0 Å². The van der Waals surface area contributed by atoms with E-state index in [0.29, 0.717) is 20.9 Å². The number of aliphatic hydroxyl groups is 1. The van der Waals surface area contributed by atoms with Gasteiger partial charge in [-0.1, -0.05) is 35.0 Å². The summed E-state index contributed by atoms with van der Waals surface area (Å²) in [6.45, 7) is -0.332. The summed E-state index contributed by atoms with van der Waals surface area (Å²) in [5.74, 6) is -0.842. The maximum Gasteiger partial charge on any atom is 0.313 e. The van der Waals surface area contributed by atoms with Gasteiger partial charge in [0.05, 0.1) is 21.5 Å². The molecule has 0 aliphatic carbocycles. The van der Waals surface area contributed by atoms with Gasteiger partial charge in [0.2, 0.25) is 0 Å². The first-order valence-electron chi connectivity index (χ1n) is 5.38. The molecule has 1 aromatic heterocycles. The minimum atomic E-state index is -0.968. The maximum absolute atomic E-state index is 10.6. The van der Waals surface area contributed by atoms with E-state index in [2.05, 4.69) is 10.2 Å². The van der Waals surface area contributed by atoms with Crippen LogP contribution in [-0.2, 0) is 11.4 Å². The summed E-state index contributed by atoms with van der Waals surface area (Å²) in [7, 11) is 0. The van der Waals surface area contributed by atoms with E-state index in [4.69, 9.17) is 28.3 Å². The smallest absolute Gasteiger partial charge is 0.313 e. The third kappa shape index (κ3) is 3.24. The van der Waals surface area contributed by atoms with Crippen LogP contribution < -0.4 is 0 Å². The molecule has 0 aliphatic heterocycles. The third-order valence-corrected chi connectivity index (χ3v) is 3.98. The van der Waals surface area contributed by atoms with Crippen molar-refractivity contribution in [3.63, 3.8) is 0 Å². The summed E-state index contributed by atoms with van der Waals surface area (Å²) >= 11 is 12.8. The third-order valence-electron chi connectivity index (χ3n) is 2.33. The van der Waals surface area contributed by atoms with Crippen LogP contribution in [0.2, 0.25) is 10.0 Å². The Morgan fingerprint density at radius 3 is 2.65 bits per heavy atom. The molecule has 2 rings (SSSR count).